The summed E-state index contributed by atoms with van der Waals surface area (Å²) in [5, 5.41) is 3.06. The molecular weight excluding hydrogens is 350 g/mol. The molecule has 1 amide bonds. The molecule has 2 nitrogen and oxygen atoms in total. The molecule has 1 aliphatic carbocycles. The lowest BCUT2D eigenvalue weighted by atomic mass is 9.75. The Balaban J connectivity index is 1.83. The molecule has 2 unspecified atom stereocenters. The Bertz CT molecular complexity index is 706. The third-order valence-corrected chi connectivity index (χ3v) is 4.95. The largest absolute Gasteiger partial charge is 0.326 e. The van der Waals surface area contributed by atoms with Crippen molar-refractivity contribution in [3.05, 3.63) is 76.3 Å². The summed E-state index contributed by atoms with van der Waals surface area (Å²) in [6, 6.07) is 18.0. The quantitative estimate of drug-likeness (QED) is 0.708. The Morgan fingerprint density at radius 1 is 1.09 bits per heavy atom. The fourth-order valence-corrected chi connectivity index (χ4v) is 3.44. The van der Waals surface area contributed by atoms with Crippen molar-refractivity contribution in [2.75, 3.05) is 5.32 Å². The van der Waals surface area contributed by atoms with Crippen molar-refractivity contribution < 1.29 is 4.79 Å². The molecule has 0 fully saturated rings. The monoisotopic (exact) mass is 369 g/mol. The van der Waals surface area contributed by atoms with E-state index in [0.29, 0.717) is 0 Å². The number of carbonyl (C=O) groups is 1. The van der Waals surface area contributed by atoms with E-state index >= 15 is 0 Å². The van der Waals surface area contributed by atoms with Gasteiger partial charge in [0, 0.05) is 16.1 Å². The predicted octanol–water partition coefficient (Wildman–Crippen LogP) is 5.53. The summed E-state index contributed by atoms with van der Waals surface area (Å²) in [6.07, 6.45) is 3.93. The molecule has 3 heteroatoms. The molecule has 0 bridgehead atoms. The first-order valence-corrected chi connectivity index (χ1v) is 8.70. The molecule has 1 aliphatic rings. The normalized spacial score (nSPS) is 20.7. The average Bonchev–Trinajstić information content (AvgIpc) is 2.56. The summed E-state index contributed by atoms with van der Waals surface area (Å²) in [6.45, 7) is 2.15. The van der Waals surface area contributed by atoms with Gasteiger partial charge in [-0.15, -0.1) is 0 Å². The van der Waals surface area contributed by atoms with Crippen molar-refractivity contribution in [2.24, 2.45) is 5.92 Å². The second kappa shape index (κ2) is 7.14. The van der Waals surface area contributed by atoms with E-state index in [2.05, 4.69) is 58.5 Å². The Hall–Kier alpha value is -1.87. The van der Waals surface area contributed by atoms with Crippen LogP contribution in [0.2, 0.25) is 0 Å². The molecule has 1 N–H and O–H groups in total. The first-order chi connectivity index (χ1) is 11.1. The average molecular weight is 370 g/mol. The molecule has 0 aliphatic heterocycles. The van der Waals surface area contributed by atoms with Crippen LogP contribution in [0.4, 0.5) is 5.69 Å². The minimum atomic E-state index is -0.0277. The number of hydrogen-bond donors (Lipinski definition) is 1. The highest BCUT2D eigenvalue weighted by Gasteiger charge is 2.31. The fraction of sp³-hybridized carbons (Fsp3) is 0.250. The second-order valence-electron chi connectivity index (χ2n) is 6.11. The van der Waals surface area contributed by atoms with Gasteiger partial charge in [-0.3, -0.25) is 4.79 Å². The predicted molar refractivity (Wildman–Crippen MR) is 98.4 cm³/mol. The summed E-state index contributed by atoms with van der Waals surface area (Å²) in [7, 11) is 0. The highest BCUT2D eigenvalue weighted by molar-refractivity contribution is 9.10. The van der Waals surface area contributed by atoms with Gasteiger partial charge in [0.05, 0.1) is 0 Å². The smallest absolute Gasteiger partial charge is 0.228 e. The third kappa shape index (κ3) is 3.91. The van der Waals surface area contributed by atoms with Crippen LogP contribution in [0.15, 0.2) is 70.7 Å². The molecule has 0 heterocycles. The topological polar surface area (TPSA) is 29.1 Å². The van der Waals surface area contributed by atoms with Gasteiger partial charge in [-0.25, -0.2) is 0 Å². The second-order valence-corrected chi connectivity index (χ2v) is 7.03. The molecule has 0 saturated heterocycles. The number of nitrogens with one attached hydrogen (secondary N) is 1. The molecule has 118 valence electrons. The first kappa shape index (κ1) is 16.0. The van der Waals surface area contributed by atoms with E-state index in [1.165, 1.54) is 11.1 Å². The SMILES string of the molecule is CC1=CCC(C(=O)Nc2ccccc2)C(c2ccc(Br)cc2)C1. The molecule has 3 rings (SSSR count). The zero-order chi connectivity index (χ0) is 16.2. The van der Waals surface area contributed by atoms with Crippen LogP contribution in [0.5, 0.6) is 0 Å². The molecule has 2 atom stereocenters. The van der Waals surface area contributed by atoms with Crippen molar-refractivity contribution in [2.45, 2.75) is 25.7 Å². The maximum absolute atomic E-state index is 12.8. The van der Waals surface area contributed by atoms with Crippen molar-refractivity contribution in [1.29, 1.82) is 0 Å². The van der Waals surface area contributed by atoms with Crippen LogP contribution < -0.4 is 5.32 Å². The van der Waals surface area contributed by atoms with Gasteiger partial charge in [-0.05, 0) is 55.5 Å². The van der Waals surface area contributed by atoms with E-state index < -0.39 is 0 Å². The van der Waals surface area contributed by atoms with Crippen molar-refractivity contribution in [3.8, 4) is 0 Å². The van der Waals surface area contributed by atoms with Crippen LogP contribution >= 0.6 is 15.9 Å². The van der Waals surface area contributed by atoms with Gasteiger partial charge < -0.3 is 5.32 Å². The molecule has 0 spiro atoms. The Morgan fingerprint density at radius 3 is 2.48 bits per heavy atom. The van der Waals surface area contributed by atoms with E-state index in [1.54, 1.807) is 0 Å². The summed E-state index contributed by atoms with van der Waals surface area (Å²) in [5.41, 5.74) is 3.45. The Morgan fingerprint density at radius 2 is 1.78 bits per heavy atom. The van der Waals surface area contributed by atoms with E-state index in [-0.39, 0.29) is 17.7 Å². The van der Waals surface area contributed by atoms with E-state index in [0.717, 1.165) is 23.0 Å². The summed E-state index contributed by atoms with van der Waals surface area (Å²) >= 11 is 3.48. The molecule has 23 heavy (non-hydrogen) atoms. The number of amides is 1. The van der Waals surface area contributed by atoms with Gasteiger partial charge in [0.15, 0.2) is 0 Å². The zero-order valence-corrected chi connectivity index (χ0v) is 14.7. The van der Waals surface area contributed by atoms with Crippen LogP contribution in [-0.2, 0) is 4.79 Å². The summed E-state index contributed by atoms with van der Waals surface area (Å²) in [4.78, 5) is 12.8. The number of rotatable bonds is 3. The molecular formula is C20H20BrNO. The highest BCUT2D eigenvalue weighted by Crippen LogP contribution is 2.38. The molecule has 2 aromatic carbocycles. The van der Waals surface area contributed by atoms with Crippen LogP contribution in [0.1, 0.15) is 31.2 Å². The lowest BCUT2D eigenvalue weighted by Crippen LogP contribution is -2.30. The number of halogens is 1. The van der Waals surface area contributed by atoms with Crippen LogP contribution in [0.25, 0.3) is 0 Å². The van der Waals surface area contributed by atoms with E-state index in [4.69, 9.17) is 0 Å². The maximum Gasteiger partial charge on any atom is 0.228 e. The minimum absolute atomic E-state index is 0.0277. The fourth-order valence-electron chi connectivity index (χ4n) is 3.17. The highest BCUT2D eigenvalue weighted by atomic mass is 79.9. The molecule has 0 aromatic heterocycles. The van der Waals surface area contributed by atoms with Crippen molar-refractivity contribution >= 4 is 27.5 Å². The van der Waals surface area contributed by atoms with Gasteiger partial charge in [0.2, 0.25) is 5.91 Å². The van der Waals surface area contributed by atoms with E-state index in [9.17, 15) is 4.79 Å². The first-order valence-electron chi connectivity index (χ1n) is 7.90. The number of carbonyl (C=O) groups excluding carboxylic acids is 1. The number of para-hydroxylation sites is 1. The maximum atomic E-state index is 12.8. The Labute approximate surface area is 145 Å². The standard InChI is InChI=1S/C20H20BrNO/c1-14-7-12-18(20(23)22-17-5-3-2-4-6-17)19(13-14)15-8-10-16(21)11-9-15/h2-11,18-19H,12-13H2,1H3,(H,22,23). The minimum Gasteiger partial charge on any atom is -0.326 e. The third-order valence-electron chi connectivity index (χ3n) is 4.42. The number of anilines is 1. The van der Waals surface area contributed by atoms with Gasteiger partial charge in [0.25, 0.3) is 0 Å². The number of hydrogen-bond acceptors (Lipinski definition) is 1. The molecule has 0 radical (unpaired) electrons. The van der Waals surface area contributed by atoms with E-state index in [1.807, 2.05) is 30.3 Å². The zero-order valence-electron chi connectivity index (χ0n) is 13.1. The summed E-state index contributed by atoms with van der Waals surface area (Å²) in [5.74, 6) is 0.310. The van der Waals surface area contributed by atoms with Gasteiger partial charge >= 0.3 is 0 Å². The van der Waals surface area contributed by atoms with Gasteiger partial charge in [-0.1, -0.05) is 57.9 Å². The molecule has 2 aromatic rings. The van der Waals surface area contributed by atoms with Crippen molar-refractivity contribution in [1.82, 2.24) is 0 Å². The summed E-state index contributed by atoms with van der Waals surface area (Å²) < 4.78 is 1.06. The lowest BCUT2D eigenvalue weighted by Gasteiger charge is -2.30. The number of allylic oxidation sites excluding steroid dienone is 2. The van der Waals surface area contributed by atoms with Gasteiger partial charge in [0.1, 0.15) is 0 Å². The van der Waals surface area contributed by atoms with Crippen LogP contribution in [-0.4, -0.2) is 5.91 Å². The van der Waals surface area contributed by atoms with Crippen LogP contribution in [0, 0.1) is 5.92 Å². The van der Waals surface area contributed by atoms with Crippen LogP contribution in [0.3, 0.4) is 0 Å². The van der Waals surface area contributed by atoms with Crippen molar-refractivity contribution in [3.63, 3.8) is 0 Å². The molecule has 0 saturated carbocycles. The Kier molecular flexibility index (Phi) is 4.97. The number of benzene rings is 2. The van der Waals surface area contributed by atoms with Gasteiger partial charge in [-0.2, -0.15) is 0 Å². The lowest BCUT2D eigenvalue weighted by molar-refractivity contribution is -0.120.